The Hall–Kier alpha value is -4.56. The predicted octanol–water partition coefficient (Wildman–Crippen LogP) is 2.69. The molecule has 0 saturated carbocycles. The van der Waals surface area contributed by atoms with Gasteiger partial charge in [-0.2, -0.15) is 5.10 Å². The van der Waals surface area contributed by atoms with Crippen LogP contribution in [-0.2, 0) is 21.4 Å². The molecule has 0 radical (unpaired) electrons. The quantitative estimate of drug-likeness (QED) is 0.495. The number of aromatic nitrogens is 2. The number of halogens is 2. The maximum Gasteiger partial charge on any atom is 0.332 e. The highest BCUT2D eigenvalue weighted by Gasteiger charge is 2.59. The van der Waals surface area contributed by atoms with Crippen molar-refractivity contribution in [3.05, 3.63) is 77.6 Å². The van der Waals surface area contributed by atoms with Crippen LogP contribution in [0, 0.1) is 23.5 Å². The molecule has 1 aromatic heterocycles. The zero-order valence-corrected chi connectivity index (χ0v) is 20.6. The van der Waals surface area contributed by atoms with Crippen molar-refractivity contribution >= 4 is 29.2 Å². The zero-order valence-electron chi connectivity index (χ0n) is 20.6. The summed E-state index contributed by atoms with van der Waals surface area (Å²) in [7, 11) is 3.04. The number of hydrogen-bond acceptors (Lipinski definition) is 5. The van der Waals surface area contributed by atoms with Crippen molar-refractivity contribution in [2.24, 2.45) is 7.05 Å². The van der Waals surface area contributed by atoms with Gasteiger partial charge >= 0.3 is 6.03 Å². The number of ether oxygens (including phenoxy) is 1. The molecule has 1 unspecified atom stereocenters. The van der Waals surface area contributed by atoms with Crippen molar-refractivity contribution in [3.63, 3.8) is 0 Å². The summed E-state index contributed by atoms with van der Waals surface area (Å²) in [6.45, 7) is -0.161. The van der Waals surface area contributed by atoms with Gasteiger partial charge in [-0.1, -0.05) is 30.0 Å². The molecule has 194 valence electrons. The summed E-state index contributed by atoms with van der Waals surface area (Å²) in [6.07, 6.45) is 2.62. The highest BCUT2D eigenvalue weighted by Crippen LogP contribution is 2.38. The standard InChI is InChI=1S/C27H23F2N5O4/c1-31-16-20(15-30-31)32-10-11-33-26(37)34(23(35)14-27(33,17-38-2)25(32)36)24-21(28)12-19(13-22(24)29)9-8-18-6-4-3-5-7-18/h3-7,12-13,15-16H,10-11,14,17H2,1-2H3. The minimum absolute atomic E-state index is 0.0104. The molecule has 4 amide bonds. The van der Waals surface area contributed by atoms with E-state index in [1.807, 2.05) is 6.07 Å². The first kappa shape index (κ1) is 25.1. The van der Waals surface area contributed by atoms with E-state index in [2.05, 4.69) is 16.9 Å². The van der Waals surface area contributed by atoms with Crippen LogP contribution in [0.3, 0.4) is 0 Å². The van der Waals surface area contributed by atoms with Crippen LogP contribution in [0.15, 0.2) is 54.9 Å². The molecular weight excluding hydrogens is 496 g/mol. The van der Waals surface area contributed by atoms with Crippen molar-refractivity contribution in [1.29, 1.82) is 0 Å². The lowest BCUT2D eigenvalue weighted by molar-refractivity contribution is -0.142. The summed E-state index contributed by atoms with van der Waals surface area (Å²) < 4.78 is 37.2. The summed E-state index contributed by atoms with van der Waals surface area (Å²) in [5, 5.41) is 4.08. The van der Waals surface area contributed by atoms with Crippen molar-refractivity contribution in [3.8, 4) is 11.8 Å². The lowest BCUT2D eigenvalue weighted by Crippen LogP contribution is -2.75. The lowest BCUT2D eigenvalue weighted by Gasteiger charge is -2.52. The number of methoxy groups -OCH3 is 1. The number of piperazine rings is 1. The van der Waals surface area contributed by atoms with Crippen molar-refractivity contribution in [2.75, 3.05) is 36.6 Å². The van der Waals surface area contributed by atoms with E-state index in [0.717, 1.165) is 17.0 Å². The first-order chi connectivity index (χ1) is 18.2. The fourth-order valence-corrected chi connectivity index (χ4v) is 4.85. The second-order valence-electron chi connectivity index (χ2n) is 9.04. The Morgan fingerprint density at radius 1 is 1.03 bits per heavy atom. The van der Waals surface area contributed by atoms with E-state index in [9.17, 15) is 14.4 Å². The van der Waals surface area contributed by atoms with Gasteiger partial charge in [0.05, 0.1) is 24.9 Å². The second-order valence-corrected chi connectivity index (χ2v) is 9.04. The van der Waals surface area contributed by atoms with Crippen LogP contribution in [0.25, 0.3) is 0 Å². The van der Waals surface area contributed by atoms with E-state index >= 15 is 8.78 Å². The Kier molecular flexibility index (Phi) is 6.42. The minimum Gasteiger partial charge on any atom is -0.382 e. The summed E-state index contributed by atoms with van der Waals surface area (Å²) >= 11 is 0. The molecule has 2 aromatic carbocycles. The molecule has 3 aromatic rings. The van der Waals surface area contributed by atoms with Crippen molar-refractivity contribution in [2.45, 2.75) is 12.0 Å². The number of nitrogens with zero attached hydrogens (tertiary/aromatic N) is 5. The van der Waals surface area contributed by atoms with Gasteiger partial charge in [-0.25, -0.2) is 18.5 Å². The van der Waals surface area contributed by atoms with Crippen molar-refractivity contribution in [1.82, 2.24) is 14.7 Å². The molecule has 3 heterocycles. The summed E-state index contributed by atoms with van der Waals surface area (Å²) in [5.74, 6) is 1.80. The third-order valence-electron chi connectivity index (χ3n) is 6.57. The van der Waals surface area contributed by atoms with Gasteiger partial charge in [0.1, 0.15) is 5.69 Å². The number of urea groups is 1. The van der Waals surface area contributed by atoms with Gasteiger partial charge in [-0.05, 0) is 24.3 Å². The maximum absolute atomic E-state index is 15.2. The van der Waals surface area contributed by atoms with Gasteiger partial charge in [-0.3, -0.25) is 14.3 Å². The monoisotopic (exact) mass is 519 g/mol. The molecule has 5 rings (SSSR count). The fraction of sp³-hybridized carbons (Fsp3) is 0.259. The number of fused-ring (bicyclic) bond motifs is 1. The molecule has 0 spiro atoms. The number of hydrogen-bond donors (Lipinski definition) is 0. The maximum atomic E-state index is 15.2. The van der Waals surface area contributed by atoms with E-state index in [1.54, 1.807) is 37.5 Å². The topological polar surface area (TPSA) is 88.0 Å². The first-order valence-electron chi connectivity index (χ1n) is 11.8. The normalized spacial score (nSPS) is 19.4. The molecule has 38 heavy (non-hydrogen) atoms. The average molecular weight is 520 g/mol. The van der Waals surface area contributed by atoms with Crippen LogP contribution in [-0.4, -0.2) is 64.9 Å². The number of aryl methyl sites for hydroxylation is 1. The zero-order chi connectivity index (χ0) is 27.0. The smallest absolute Gasteiger partial charge is 0.332 e. The summed E-state index contributed by atoms with van der Waals surface area (Å²) in [5.41, 5.74) is -1.28. The first-order valence-corrected chi connectivity index (χ1v) is 11.8. The Morgan fingerprint density at radius 3 is 2.34 bits per heavy atom. The molecule has 9 nitrogen and oxygen atoms in total. The van der Waals surface area contributed by atoms with E-state index in [1.165, 1.54) is 22.9 Å². The second kappa shape index (κ2) is 9.72. The van der Waals surface area contributed by atoms with E-state index in [-0.39, 0.29) is 25.3 Å². The highest BCUT2D eigenvalue weighted by molar-refractivity contribution is 6.21. The molecule has 11 heteroatoms. The number of anilines is 2. The van der Waals surface area contributed by atoms with Crippen LogP contribution in [0.2, 0.25) is 0 Å². The van der Waals surface area contributed by atoms with Crippen LogP contribution in [0.5, 0.6) is 0 Å². The van der Waals surface area contributed by atoms with Gasteiger partial charge in [0.25, 0.3) is 5.91 Å². The van der Waals surface area contributed by atoms with Crippen molar-refractivity contribution < 1.29 is 27.9 Å². The van der Waals surface area contributed by atoms with Crippen LogP contribution >= 0.6 is 0 Å². The molecule has 1 atom stereocenters. The third kappa shape index (κ3) is 4.18. The van der Waals surface area contributed by atoms with E-state index in [0.29, 0.717) is 16.2 Å². The number of benzene rings is 2. The van der Waals surface area contributed by atoms with E-state index in [4.69, 9.17) is 4.74 Å². The molecular formula is C27H23F2N5O4. The average Bonchev–Trinajstić information content (AvgIpc) is 3.32. The van der Waals surface area contributed by atoms with Crippen LogP contribution in [0.1, 0.15) is 17.5 Å². The van der Waals surface area contributed by atoms with Crippen LogP contribution in [0.4, 0.5) is 25.0 Å². The predicted molar refractivity (Wildman–Crippen MR) is 133 cm³/mol. The molecule has 2 saturated heterocycles. The third-order valence-corrected chi connectivity index (χ3v) is 6.57. The number of imide groups is 1. The highest BCUT2D eigenvalue weighted by atomic mass is 19.1. The molecule has 2 aliphatic heterocycles. The largest absolute Gasteiger partial charge is 0.382 e. The molecule has 0 bridgehead atoms. The number of carbonyl (C=O) groups excluding carboxylic acids is 3. The molecule has 0 aliphatic carbocycles. The van der Waals surface area contributed by atoms with Gasteiger partial charge in [0.2, 0.25) is 5.91 Å². The minimum atomic E-state index is -1.67. The Labute approximate surface area is 217 Å². The fourth-order valence-electron chi connectivity index (χ4n) is 4.85. The van der Waals surface area contributed by atoms with Crippen LogP contribution < -0.4 is 9.80 Å². The lowest BCUT2D eigenvalue weighted by atomic mass is 9.86. The number of carbonyl (C=O) groups is 3. The van der Waals surface area contributed by atoms with Gasteiger partial charge < -0.3 is 14.5 Å². The van der Waals surface area contributed by atoms with Gasteiger partial charge in [0, 0.05) is 44.6 Å². The molecule has 2 fully saturated rings. The van der Waals surface area contributed by atoms with Gasteiger partial charge in [0.15, 0.2) is 17.2 Å². The van der Waals surface area contributed by atoms with E-state index < -0.39 is 47.1 Å². The summed E-state index contributed by atoms with van der Waals surface area (Å²) in [6, 6.07) is 9.83. The SMILES string of the molecule is COCC12CC(=O)N(c3c(F)cc(C#Cc4ccccc4)cc3F)C(=O)N1CCN(c1cnn(C)c1)C2=O. The Bertz CT molecular complexity index is 1470. The molecule has 2 aliphatic rings. The number of amides is 4. The molecule has 0 N–H and O–H groups in total. The Balaban J connectivity index is 1.48. The summed E-state index contributed by atoms with van der Waals surface area (Å²) in [4.78, 5) is 43.6. The number of rotatable bonds is 4. The van der Waals surface area contributed by atoms with Gasteiger partial charge in [-0.15, -0.1) is 0 Å². The Morgan fingerprint density at radius 2 is 1.71 bits per heavy atom.